The lowest BCUT2D eigenvalue weighted by molar-refractivity contribution is -0.155. The van der Waals surface area contributed by atoms with Crippen LogP contribution >= 0.6 is 0 Å². The van der Waals surface area contributed by atoms with Crippen LogP contribution < -0.4 is 5.32 Å². The molecule has 1 fully saturated rings. The second kappa shape index (κ2) is 7.67. The molecular formula is C22H26N2O3. The van der Waals surface area contributed by atoms with E-state index in [1.165, 1.54) is 6.42 Å². The van der Waals surface area contributed by atoms with E-state index in [-0.39, 0.29) is 23.8 Å². The van der Waals surface area contributed by atoms with Gasteiger partial charge in [0.05, 0.1) is 0 Å². The van der Waals surface area contributed by atoms with Crippen molar-refractivity contribution in [2.75, 3.05) is 0 Å². The van der Waals surface area contributed by atoms with E-state index in [9.17, 15) is 9.59 Å². The number of esters is 1. The Morgan fingerprint density at radius 1 is 1.11 bits per heavy atom. The fraction of sp³-hybridized carbons (Fsp3) is 0.500. The Morgan fingerprint density at radius 2 is 1.85 bits per heavy atom. The molecule has 5 nitrogen and oxygen atoms in total. The second-order valence-corrected chi connectivity index (χ2v) is 7.75. The van der Waals surface area contributed by atoms with E-state index in [4.69, 9.17) is 4.74 Å². The number of aromatic nitrogens is 1. The number of ketones is 1. The van der Waals surface area contributed by atoms with Crippen LogP contribution in [-0.4, -0.2) is 22.8 Å². The van der Waals surface area contributed by atoms with Crippen molar-refractivity contribution in [3.05, 3.63) is 53.6 Å². The molecule has 1 aromatic heterocycles. The predicted molar refractivity (Wildman–Crippen MR) is 102 cm³/mol. The highest BCUT2D eigenvalue weighted by Crippen LogP contribution is 2.44. The van der Waals surface area contributed by atoms with Gasteiger partial charge in [-0.05, 0) is 56.2 Å². The van der Waals surface area contributed by atoms with Crippen molar-refractivity contribution in [2.24, 2.45) is 5.92 Å². The van der Waals surface area contributed by atoms with Crippen LogP contribution in [-0.2, 0) is 14.3 Å². The minimum atomic E-state index is -0.588. The third-order valence-electron chi connectivity index (χ3n) is 5.94. The number of carbonyl (C=O) groups excluding carboxylic acids is 2. The summed E-state index contributed by atoms with van der Waals surface area (Å²) in [5, 5.41) is 3.26. The van der Waals surface area contributed by atoms with E-state index in [0.717, 1.165) is 55.4 Å². The Labute approximate surface area is 159 Å². The minimum absolute atomic E-state index is 0.0189. The first kappa shape index (κ1) is 18.0. The Kier molecular flexibility index (Phi) is 5.10. The molecule has 0 bridgehead atoms. The van der Waals surface area contributed by atoms with Crippen LogP contribution in [0.25, 0.3) is 0 Å². The van der Waals surface area contributed by atoms with Crippen molar-refractivity contribution in [2.45, 2.75) is 63.4 Å². The molecule has 0 aromatic carbocycles. The van der Waals surface area contributed by atoms with Gasteiger partial charge in [0.2, 0.25) is 0 Å². The zero-order valence-electron chi connectivity index (χ0n) is 15.6. The molecule has 0 amide bonds. The van der Waals surface area contributed by atoms with Gasteiger partial charge in [0, 0.05) is 41.7 Å². The first-order chi connectivity index (χ1) is 13.1. The smallest absolute Gasteiger partial charge is 0.316 e. The van der Waals surface area contributed by atoms with Crippen molar-refractivity contribution in [1.29, 1.82) is 0 Å². The van der Waals surface area contributed by atoms with Gasteiger partial charge in [0.1, 0.15) is 12.0 Å². The summed E-state index contributed by atoms with van der Waals surface area (Å²) in [6.07, 6.45) is 10.8. The SMILES string of the molecule is C=C1NC2=C(C(=O)CCC2)C(c2ccncc2)C1C(=O)OC1CCCCC1. The molecule has 0 spiro atoms. The average Bonchev–Trinajstić information content (AvgIpc) is 2.68. The van der Waals surface area contributed by atoms with Crippen LogP contribution in [0.3, 0.4) is 0 Å². The lowest BCUT2D eigenvalue weighted by Crippen LogP contribution is -2.42. The van der Waals surface area contributed by atoms with Gasteiger partial charge in [0.15, 0.2) is 5.78 Å². The monoisotopic (exact) mass is 366 g/mol. The number of allylic oxidation sites excluding steroid dienone is 2. The molecule has 27 heavy (non-hydrogen) atoms. The molecule has 2 aliphatic carbocycles. The van der Waals surface area contributed by atoms with Crippen molar-refractivity contribution in [1.82, 2.24) is 10.3 Å². The minimum Gasteiger partial charge on any atom is -0.462 e. The quantitative estimate of drug-likeness (QED) is 0.825. The third-order valence-corrected chi connectivity index (χ3v) is 5.94. The molecule has 3 aliphatic rings. The van der Waals surface area contributed by atoms with E-state index in [2.05, 4.69) is 16.9 Å². The number of nitrogens with one attached hydrogen (secondary N) is 1. The maximum absolute atomic E-state index is 13.2. The van der Waals surface area contributed by atoms with Crippen LogP contribution in [0, 0.1) is 5.92 Å². The third kappa shape index (κ3) is 3.55. The van der Waals surface area contributed by atoms with Gasteiger partial charge in [-0.1, -0.05) is 13.0 Å². The maximum atomic E-state index is 13.2. The van der Waals surface area contributed by atoms with Crippen LogP contribution in [0.15, 0.2) is 48.1 Å². The topological polar surface area (TPSA) is 68.3 Å². The first-order valence-corrected chi connectivity index (χ1v) is 9.97. The molecule has 2 unspecified atom stereocenters. The highest BCUT2D eigenvalue weighted by atomic mass is 16.5. The number of nitrogens with zero attached hydrogens (tertiary/aromatic N) is 1. The predicted octanol–water partition coefficient (Wildman–Crippen LogP) is 3.78. The molecule has 1 aromatic rings. The van der Waals surface area contributed by atoms with Crippen LogP contribution in [0.5, 0.6) is 0 Å². The van der Waals surface area contributed by atoms with Crippen molar-refractivity contribution < 1.29 is 14.3 Å². The molecular weight excluding hydrogens is 340 g/mol. The summed E-state index contributed by atoms with van der Waals surface area (Å²) in [5.41, 5.74) is 3.19. The lowest BCUT2D eigenvalue weighted by Gasteiger charge is -2.38. The Hall–Kier alpha value is -2.43. The maximum Gasteiger partial charge on any atom is 0.316 e. The molecule has 1 saturated carbocycles. The molecule has 2 atom stereocenters. The van der Waals surface area contributed by atoms with Crippen LogP contribution in [0.2, 0.25) is 0 Å². The zero-order valence-corrected chi connectivity index (χ0v) is 15.6. The van der Waals surface area contributed by atoms with E-state index in [0.29, 0.717) is 12.1 Å². The molecule has 142 valence electrons. The molecule has 4 rings (SSSR count). The standard InChI is InChI=1S/C22H26N2O3/c1-14-19(22(26)27-16-6-3-2-4-7-16)20(15-10-12-23-13-11-15)21-17(24-14)8-5-9-18(21)25/h10-13,16,19-20,24H,1-9H2. The highest BCUT2D eigenvalue weighted by Gasteiger charge is 2.44. The summed E-state index contributed by atoms with van der Waals surface area (Å²) in [5.74, 6) is -1.09. The van der Waals surface area contributed by atoms with E-state index >= 15 is 0 Å². The summed E-state index contributed by atoms with van der Waals surface area (Å²) in [7, 11) is 0. The Morgan fingerprint density at radius 3 is 2.59 bits per heavy atom. The Balaban J connectivity index is 1.70. The largest absolute Gasteiger partial charge is 0.462 e. The van der Waals surface area contributed by atoms with E-state index < -0.39 is 5.92 Å². The fourth-order valence-corrected chi connectivity index (χ4v) is 4.62. The average molecular weight is 366 g/mol. The van der Waals surface area contributed by atoms with Gasteiger partial charge in [-0.2, -0.15) is 0 Å². The summed E-state index contributed by atoms with van der Waals surface area (Å²) in [6.45, 7) is 4.13. The molecule has 2 heterocycles. The first-order valence-electron chi connectivity index (χ1n) is 9.97. The van der Waals surface area contributed by atoms with Crippen molar-refractivity contribution in [3.8, 4) is 0 Å². The number of ether oxygens (including phenoxy) is 1. The number of rotatable bonds is 3. The van der Waals surface area contributed by atoms with Crippen molar-refractivity contribution >= 4 is 11.8 Å². The summed E-state index contributed by atoms with van der Waals surface area (Å²) < 4.78 is 5.88. The Bertz CT molecular complexity index is 778. The molecule has 0 radical (unpaired) electrons. The van der Waals surface area contributed by atoms with E-state index in [1.54, 1.807) is 12.4 Å². The number of Topliss-reactive ketones (excluding diaryl/α,β-unsaturated/α-hetero) is 1. The summed E-state index contributed by atoms with van der Waals surface area (Å²) >= 11 is 0. The van der Waals surface area contributed by atoms with Gasteiger partial charge in [-0.3, -0.25) is 14.6 Å². The molecule has 1 N–H and O–H groups in total. The fourth-order valence-electron chi connectivity index (χ4n) is 4.62. The van der Waals surface area contributed by atoms with Crippen molar-refractivity contribution in [3.63, 3.8) is 0 Å². The van der Waals surface area contributed by atoms with Gasteiger partial charge in [-0.15, -0.1) is 0 Å². The van der Waals surface area contributed by atoms with Gasteiger partial charge >= 0.3 is 5.97 Å². The normalized spacial score (nSPS) is 26.4. The van der Waals surface area contributed by atoms with E-state index in [1.807, 2.05) is 12.1 Å². The number of hydrogen-bond donors (Lipinski definition) is 1. The summed E-state index contributed by atoms with van der Waals surface area (Å²) in [4.78, 5) is 30.0. The number of carbonyl (C=O) groups is 2. The zero-order chi connectivity index (χ0) is 18.8. The highest BCUT2D eigenvalue weighted by molar-refractivity contribution is 6.00. The number of hydrogen-bond acceptors (Lipinski definition) is 5. The second-order valence-electron chi connectivity index (χ2n) is 7.75. The van der Waals surface area contributed by atoms with Gasteiger partial charge in [-0.25, -0.2) is 0 Å². The molecule has 0 saturated heterocycles. The number of pyridine rings is 1. The summed E-state index contributed by atoms with van der Waals surface area (Å²) in [6, 6.07) is 3.77. The van der Waals surface area contributed by atoms with Gasteiger partial charge < -0.3 is 10.1 Å². The molecule has 5 heteroatoms. The van der Waals surface area contributed by atoms with Crippen LogP contribution in [0.1, 0.15) is 62.8 Å². The lowest BCUT2D eigenvalue weighted by atomic mass is 9.71. The van der Waals surface area contributed by atoms with Gasteiger partial charge in [0.25, 0.3) is 0 Å². The molecule has 1 aliphatic heterocycles. The van der Waals surface area contributed by atoms with Crippen LogP contribution in [0.4, 0.5) is 0 Å².